The summed E-state index contributed by atoms with van der Waals surface area (Å²) in [4.78, 5) is 25.5. The van der Waals surface area contributed by atoms with Gasteiger partial charge in [0.2, 0.25) is 5.91 Å². The fourth-order valence-corrected chi connectivity index (χ4v) is 4.92. The van der Waals surface area contributed by atoms with Crippen molar-refractivity contribution in [2.75, 3.05) is 26.7 Å². The monoisotopic (exact) mass is 419 g/mol. The van der Waals surface area contributed by atoms with E-state index >= 15 is 0 Å². The van der Waals surface area contributed by atoms with E-state index in [-0.39, 0.29) is 17.9 Å². The van der Waals surface area contributed by atoms with Crippen LogP contribution in [0.3, 0.4) is 0 Å². The maximum absolute atomic E-state index is 12.1. The molecule has 1 fully saturated rings. The summed E-state index contributed by atoms with van der Waals surface area (Å²) in [6.45, 7) is 8.33. The molecule has 0 aromatic carbocycles. The minimum atomic E-state index is 0.0556. The van der Waals surface area contributed by atoms with Crippen molar-refractivity contribution in [2.45, 2.75) is 39.7 Å². The zero-order chi connectivity index (χ0) is 20.1. The van der Waals surface area contributed by atoms with Crippen molar-refractivity contribution in [2.24, 2.45) is 10.9 Å². The first-order chi connectivity index (χ1) is 13.5. The highest BCUT2D eigenvalue weighted by atomic mass is 32.1. The predicted octanol–water partition coefficient (Wildman–Crippen LogP) is 3.14. The molecule has 152 valence electrons. The number of nitrogens with zero attached hydrogens (tertiary/aromatic N) is 3. The molecule has 3 rings (SSSR count). The number of carbonyl (C=O) groups excluding carboxylic acids is 1. The van der Waals surface area contributed by atoms with Gasteiger partial charge in [-0.15, -0.1) is 22.7 Å². The van der Waals surface area contributed by atoms with Crippen molar-refractivity contribution in [3.8, 4) is 10.6 Å². The number of amides is 1. The molecule has 28 heavy (non-hydrogen) atoms. The molecule has 3 heterocycles. The Morgan fingerprint density at radius 3 is 2.93 bits per heavy atom. The first-order valence-corrected chi connectivity index (χ1v) is 11.4. The smallest absolute Gasteiger partial charge is 0.225 e. The molecule has 2 aromatic rings. The van der Waals surface area contributed by atoms with Crippen molar-refractivity contribution >= 4 is 34.5 Å². The maximum atomic E-state index is 12.1. The highest BCUT2D eigenvalue weighted by Crippen LogP contribution is 2.29. The molecule has 0 saturated carbocycles. The van der Waals surface area contributed by atoms with E-state index in [1.54, 1.807) is 29.7 Å². The molecule has 0 bridgehead atoms. The lowest BCUT2D eigenvalue weighted by Crippen LogP contribution is -2.45. The number of hydrogen-bond donors (Lipinski definition) is 2. The van der Waals surface area contributed by atoms with Crippen LogP contribution in [0.4, 0.5) is 0 Å². The van der Waals surface area contributed by atoms with Crippen LogP contribution in [0.15, 0.2) is 22.5 Å². The van der Waals surface area contributed by atoms with Gasteiger partial charge in [-0.1, -0.05) is 13.8 Å². The lowest BCUT2D eigenvalue weighted by atomic mass is 10.2. The largest absolute Gasteiger partial charge is 0.356 e. The number of rotatable bonds is 6. The Kier molecular flexibility index (Phi) is 7.07. The number of carbonyl (C=O) groups is 1. The molecular weight excluding hydrogens is 390 g/mol. The third-order valence-electron chi connectivity index (χ3n) is 4.76. The molecule has 1 saturated heterocycles. The first-order valence-electron chi connectivity index (χ1n) is 9.73. The van der Waals surface area contributed by atoms with Crippen LogP contribution in [-0.2, 0) is 11.2 Å². The third kappa shape index (κ3) is 5.32. The minimum Gasteiger partial charge on any atom is -0.356 e. The zero-order valence-corrected chi connectivity index (χ0v) is 18.6. The lowest BCUT2D eigenvalue weighted by Gasteiger charge is -2.20. The molecular formula is C20H29N5OS2. The number of thiophene rings is 1. The number of aliphatic imine (C=N–C) groups is 1. The molecule has 8 heteroatoms. The van der Waals surface area contributed by atoms with E-state index in [0.29, 0.717) is 0 Å². The molecule has 0 aliphatic carbocycles. The van der Waals surface area contributed by atoms with E-state index in [1.807, 2.05) is 25.7 Å². The fraction of sp³-hybridized carbons (Fsp3) is 0.550. The van der Waals surface area contributed by atoms with Gasteiger partial charge in [0.15, 0.2) is 5.96 Å². The van der Waals surface area contributed by atoms with Gasteiger partial charge in [-0.2, -0.15) is 0 Å². The Hall–Kier alpha value is -1.93. The Morgan fingerprint density at radius 1 is 1.43 bits per heavy atom. The van der Waals surface area contributed by atoms with E-state index in [4.69, 9.17) is 0 Å². The number of guanidine groups is 1. The van der Waals surface area contributed by atoms with Gasteiger partial charge in [-0.25, -0.2) is 4.98 Å². The summed E-state index contributed by atoms with van der Waals surface area (Å²) in [5.41, 5.74) is 1.07. The van der Waals surface area contributed by atoms with E-state index < -0.39 is 0 Å². The Bertz CT molecular complexity index is 826. The van der Waals surface area contributed by atoms with Gasteiger partial charge in [-0.05, 0) is 31.9 Å². The average molecular weight is 420 g/mol. The van der Waals surface area contributed by atoms with Gasteiger partial charge in [0.05, 0.1) is 15.6 Å². The van der Waals surface area contributed by atoms with Crippen molar-refractivity contribution in [3.63, 3.8) is 0 Å². The summed E-state index contributed by atoms with van der Waals surface area (Å²) in [5.74, 6) is 1.09. The number of thiazole rings is 1. The van der Waals surface area contributed by atoms with E-state index in [0.717, 1.165) is 49.1 Å². The van der Waals surface area contributed by atoms with E-state index in [1.165, 1.54) is 9.75 Å². The summed E-state index contributed by atoms with van der Waals surface area (Å²) in [6.07, 6.45) is 1.90. The van der Waals surface area contributed by atoms with Crippen LogP contribution >= 0.6 is 22.7 Å². The molecule has 1 atom stereocenters. The summed E-state index contributed by atoms with van der Waals surface area (Å²) in [5, 5.41) is 10.1. The van der Waals surface area contributed by atoms with Gasteiger partial charge < -0.3 is 15.5 Å². The second-order valence-electron chi connectivity index (χ2n) is 7.34. The van der Waals surface area contributed by atoms with Crippen molar-refractivity contribution in [1.82, 2.24) is 20.5 Å². The van der Waals surface area contributed by atoms with Crippen LogP contribution in [0, 0.1) is 12.8 Å². The van der Waals surface area contributed by atoms with E-state index in [9.17, 15) is 4.79 Å². The second-order valence-corrected chi connectivity index (χ2v) is 9.57. The van der Waals surface area contributed by atoms with E-state index in [2.05, 4.69) is 38.1 Å². The molecule has 0 spiro atoms. The first kappa shape index (κ1) is 20.8. The molecule has 1 aliphatic rings. The van der Waals surface area contributed by atoms with Crippen LogP contribution in [-0.4, -0.2) is 54.5 Å². The maximum Gasteiger partial charge on any atom is 0.225 e. The quantitative estimate of drug-likeness (QED) is 0.557. The van der Waals surface area contributed by atoms with Crippen LogP contribution in [0.2, 0.25) is 0 Å². The zero-order valence-electron chi connectivity index (χ0n) is 17.0. The van der Waals surface area contributed by atoms with Gasteiger partial charge >= 0.3 is 0 Å². The number of hydrogen-bond acceptors (Lipinski definition) is 5. The number of likely N-dealkylation sites (tertiary alicyclic amines) is 1. The highest BCUT2D eigenvalue weighted by molar-refractivity contribution is 7.16. The van der Waals surface area contributed by atoms with Gasteiger partial charge in [-0.3, -0.25) is 9.79 Å². The normalized spacial score (nSPS) is 17.4. The summed E-state index contributed by atoms with van der Waals surface area (Å²) in [7, 11) is 1.79. The van der Waals surface area contributed by atoms with Crippen molar-refractivity contribution in [3.05, 3.63) is 27.4 Å². The Labute approximate surface area is 175 Å². The Morgan fingerprint density at radius 2 is 2.25 bits per heavy atom. The van der Waals surface area contributed by atoms with Crippen LogP contribution < -0.4 is 10.6 Å². The lowest BCUT2D eigenvalue weighted by molar-refractivity contribution is -0.133. The van der Waals surface area contributed by atoms with Crippen LogP contribution in [0.1, 0.15) is 30.2 Å². The molecule has 0 radical (unpaired) electrons. The summed E-state index contributed by atoms with van der Waals surface area (Å²) in [6, 6.07) is 4.59. The topological polar surface area (TPSA) is 69.6 Å². The summed E-state index contributed by atoms with van der Waals surface area (Å²) >= 11 is 3.48. The second kappa shape index (κ2) is 9.52. The van der Waals surface area contributed by atoms with Gasteiger partial charge in [0, 0.05) is 48.9 Å². The average Bonchev–Trinajstić information content (AvgIpc) is 3.41. The van der Waals surface area contributed by atoms with Gasteiger partial charge in [0.1, 0.15) is 0 Å². The fourth-order valence-electron chi connectivity index (χ4n) is 3.26. The standard InChI is InChI=1S/C20H29N5OS2/c1-13(2)19(26)25-10-8-15(11-25)24-20(21-4)22-9-7-16-5-6-18(28-16)17-12-27-14(3)23-17/h5-6,12-13,15H,7-11H2,1-4H3,(H2,21,22,24). The molecule has 1 unspecified atom stereocenters. The molecule has 1 aliphatic heterocycles. The number of aromatic nitrogens is 1. The molecule has 1 amide bonds. The predicted molar refractivity (Wildman–Crippen MR) is 118 cm³/mol. The molecule has 2 aromatic heterocycles. The molecule has 2 N–H and O–H groups in total. The summed E-state index contributed by atoms with van der Waals surface area (Å²) < 4.78 is 0. The van der Waals surface area contributed by atoms with Crippen molar-refractivity contribution in [1.29, 1.82) is 0 Å². The highest BCUT2D eigenvalue weighted by Gasteiger charge is 2.27. The Balaban J connectivity index is 1.44. The number of aryl methyl sites for hydroxylation is 1. The number of nitrogens with one attached hydrogen (secondary N) is 2. The molecule has 6 nitrogen and oxygen atoms in total. The minimum absolute atomic E-state index is 0.0556. The van der Waals surface area contributed by atoms with Gasteiger partial charge in [0.25, 0.3) is 0 Å². The van der Waals surface area contributed by atoms with Crippen LogP contribution in [0.25, 0.3) is 10.6 Å². The third-order valence-corrected chi connectivity index (χ3v) is 6.70. The SMILES string of the molecule is CN=C(NCCc1ccc(-c2csc(C)n2)s1)NC1CCN(C(=O)C(C)C)C1. The van der Waals surface area contributed by atoms with Crippen LogP contribution in [0.5, 0.6) is 0 Å². The van der Waals surface area contributed by atoms with Crippen molar-refractivity contribution < 1.29 is 4.79 Å².